The van der Waals surface area contributed by atoms with E-state index in [4.69, 9.17) is 0 Å². The Balaban J connectivity index is 1.97. The van der Waals surface area contributed by atoms with Crippen molar-refractivity contribution in [2.24, 2.45) is 5.41 Å². The van der Waals surface area contributed by atoms with Gasteiger partial charge in [-0.05, 0) is 11.6 Å². The van der Waals surface area contributed by atoms with E-state index in [9.17, 15) is 9.59 Å². The van der Waals surface area contributed by atoms with Gasteiger partial charge in [-0.3, -0.25) is 20.4 Å². The summed E-state index contributed by atoms with van der Waals surface area (Å²) in [5, 5.41) is 1.02. The van der Waals surface area contributed by atoms with Crippen molar-refractivity contribution >= 4 is 22.7 Å². The van der Waals surface area contributed by atoms with E-state index in [1.54, 1.807) is 20.8 Å². The molecule has 0 radical (unpaired) electrons. The Labute approximate surface area is 117 Å². The number of hydrogen-bond acceptors (Lipinski definition) is 2. The molecule has 2 rings (SSSR count). The molecule has 0 aliphatic rings. The minimum atomic E-state index is -0.534. The van der Waals surface area contributed by atoms with Crippen LogP contribution in [0.4, 0.5) is 0 Å². The number of rotatable bonds is 2. The van der Waals surface area contributed by atoms with Gasteiger partial charge in [0.15, 0.2) is 0 Å². The van der Waals surface area contributed by atoms with Crippen LogP contribution in [0.5, 0.6) is 0 Å². The maximum Gasteiger partial charge on any atom is 0.243 e. The zero-order chi connectivity index (χ0) is 14.8. The lowest BCUT2D eigenvalue weighted by Gasteiger charge is -2.17. The Hall–Kier alpha value is -2.30. The van der Waals surface area contributed by atoms with Crippen LogP contribution in [0.2, 0.25) is 0 Å². The van der Waals surface area contributed by atoms with Crippen LogP contribution in [0.3, 0.4) is 0 Å². The van der Waals surface area contributed by atoms with Crippen LogP contribution in [-0.2, 0) is 16.0 Å². The number of hydrogen-bond donors (Lipinski definition) is 3. The van der Waals surface area contributed by atoms with E-state index in [-0.39, 0.29) is 18.2 Å². The molecular formula is C15H19N3O2. The van der Waals surface area contributed by atoms with Crippen molar-refractivity contribution in [2.45, 2.75) is 27.2 Å². The zero-order valence-corrected chi connectivity index (χ0v) is 11.9. The fourth-order valence-corrected chi connectivity index (χ4v) is 1.81. The fourth-order valence-electron chi connectivity index (χ4n) is 1.81. The molecule has 3 N–H and O–H groups in total. The number of hydrazine groups is 1. The molecule has 0 bridgehead atoms. The summed E-state index contributed by atoms with van der Waals surface area (Å²) in [5.74, 6) is -0.461. The third-order valence-electron chi connectivity index (χ3n) is 3.02. The van der Waals surface area contributed by atoms with Crippen molar-refractivity contribution in [3.05, 3.63) is 36.0 Å². The molecule has 5 nitrogen and oxygen atoms in total. The monoisotopic (exact) mass is 273 g/mol. The molecule has 0 unspecified atom stereocenters. The van der Waals surface area contributed by atoms with Gasteiger partial charge in [0.25, 0.3) is 0 Å². The van der Waals surface area contributed by atoms with Crippen molar-refractivity contribution in [3.63, 3.8) is 0 Å². The second-order valence-electron chi connectivity index (χ2n) is 5.79. The number of carbonyl (C=O) groups is 2. The lowest BCUT2D eigenvalue weighted by molar-refractivity contribution is -0.133. The number of fused-ring (bicyclic) bond motifs is 1. The molecule has 0 aliphatic carbocycles. The van der Waals surface area contributed by atoms with Crippen molar-refractivity contribution in [3.8, 4) is 0 Å². The lowest BCUT2D eigenvalue weighted by atomic mass is 9.96. The molecule has 20 heavy (non-hydrogen) atoms. The third-order valence-corrected chi connectivity index (χ3v) is 3.02. The van der Waals surface area contributed by atoms with E-state index in [1.807, 2.05) is 30.5 Å². The number of amides is 2. The van der Waals surface area contributed by atoms with Gasteiger partial charge in [-0.1, -0.05) is 39.0 Å². The maximum absolute atomic E-state index is 11.8. The third kappa shape index (κ3) is 3.17. The molecule has 0 atom stereocenters. The summed E-state index contributed by atoms with van der Waals surface area (Å²) >= 11 is 0. The molecule has 0 aliphatic heterocycles. The van der Waals surface area contributed by atoms with Gasteiger partial charge in [-0.15, -0.1) is 0 Å². The molecule has 0 saturated heterocycles. The maximum atomic E-state index is 11.8. The molecule has 2 amide bonds. The number of carbonyl (C=O) groups excluding carboxylic acids is 2. The fraction of sp³-hybridized carbons (Fsp3) is 0.333. The molecule has 2 aromatic rings. The van der Waals surface area contributed by atoms with Crippen molar-refractivity contribution < 1.29 is 9.59 Å². The van der Waals surface area contributed by atoms with Crippen LogP contribution < -0.4 is 10.9 Å². The van der Waals surface area contributed by atoms with Crippen molar-refractivity contribution in [1.29, 1.82) is 0 Å². The van der Waals surface area contributed by atoms with E-state index in [1.165, 1.54) is 0 Å². The Morgan fingerprint density at radius 2 is 1.85 bits per heavy atom. The summed E-state index contributed by atoms with van der Waals surface area (Å²) in [6.07, 6.45) is 2.03. The van der Waals surface area contributed by atoms with Crippen LogP contribution in [0.15, 0.2) is 30.5 Å². The Morgan fingerprint density at radius 1 is 1.15 bits per heavy atom. The van der Waals surface area contributed by atoms with Gasteiger partial charge in [0.1, 0.15) is 0 Å². The lowest BCUT2D eigenvalue weighted by Crippen LogP contribution is -2.47. The predicted octanol–water partition coefficient (Wildman–Crippen LogP) is 1.90. The van der Waals surface area contributed by atoms with E-state index >= 15 is 0 Å². The normalized spacial score (nSPS) is 11.3. The van der Waals surface area contributed by atoms with E-state index in [0.717, 1.165) is 16.5 Å². The Bertz CT molecular complexity index is 638. The topological polar surface area (TPSA) is 74.0 Å². The highest BCUT2D eigenvalue weighted by atomic mass is 16.2. The smallest absolute Gasteiger partial charge is 0.243 e. The van der Waals surface area contributed by atoms with Gasteiger partial charge in [0.2, 0.25) is 11.8 Å². The summed E-state index contributed by atoms with van der Waals surface area (Å²) in [6.45, 7) is 5.36. The molecule has 1 aromatic heterocycles. The molecule has 1 aromatic carbocycles. The van der Waals surface area contributed by atoms with Crippen LogP contribution in [0, 0.1) is 5.41 Å². The summed E-state index contributed by atoms with van der Waals surface area (Å²) in [5.41, 5.74) is 6.24. The average molecular weight is 273 g/mol. The van der Waals surface area contributed by atoms with Crippen LogP contribution in [0.25, 0.3) is 10.9 Å². The summed E-state index contributed by atoms with van der Waals surface area (Å²) in [7, 11) is 0. The molecule has 0 fully saturated rings. The average Bonchev–Trinajstić information content (AvgIpc) is 2.78. The zero-order valence-electron chi connectivity index (χ0n) is 11.9. The highest BCUT2D eigenvalue weighted by Gasteiger charge is 2.21. The summed E-state index contributed by atoms with van der Waals surface area (Å²) < 4.78 is 0. The number of nitrogens with one attached hydrogen (secondary N) is 3. The van der Waals surface area contributed by atoms with Crippen LogP contribution >= 0.6 is 0 Å². The number of H-pyrrole nitrogens is 1. The van der Waals surface area contributed by atoms with Gasteiger partial charge in [-0.2, -0.15) is 0 Å². The van der Waals surface area contributed by atoms with Gasteiger partial charge >= 0.3 is 0 Å². The van der Waals surface area contributed by atoms with Gasteiger partial charge < -0.3 is 4.98 Å². The molecule has 1 heterocycles. The summed E-state index contributed by atoms with van der Waals surface area (Å²) in [6, 6.07) is 7.78. The first-order valence-corrected chi connectivity index (χ1v) is 6.52. The van der Waals surface area contributed by atoms with E-state index in [2.05, 4.69) is 15.8 Å². The van der Waals surface area contributed by atoms with Gasteiger partial charge in [-0.25, -0.2) is 0 Å². The highest BCUT2D eigenvalue weighted by Crippen LogP contribution is 2.18. The molecule has 106 valence electrons. The first kappa shape index (κ1) is 14.1. The minimum absolute atomic E-state index is 0.217. The highest BCUT2D eigenvalue weighted by molar-refractivity contribution is 5.90. The van der Waals surface area contributed by atoms with E-state index in [0.29, 0.717) is 0 Å². The minimum Gasteiger partial charge on any atom is -0.361 e. The van der Waals surface area contributed by atoms with Crippen molar-refractivity contribution in [2.75, 3.05) is 0 Å². The number of aromatic nitrogens is 1. The number of aromatic amines is 1. The molecule has 5 heteroatoms. The second kappa shape index (κ2) is 5.36. The largest absolute Gasteiger partial charge is 0.361 e. The van der Waals surface area contributed by atoms with E-state index < -0.39 is 5.41 Å². The number of para-hydroxylation sites is 1. The van der Waals surface area contributed by atoms with Crippen molar-refractivity contribution in [1.82, 2.24) is 15.8 Å². The molecular weight excluding hydrogens is 254 g/mol. The first-order chi connectivity index (χ1) is 9.38. The van der Waals surface area contributed by atoms with Crippen LogP contribution in [0.1, 0.15) is 26.3 Å². The second-order valence-corrected chi connectivity index (χ2v) is 5.79. The Morgan fingerprint density at radius 3 is 2.55 bits per heavy atom. The van der Waals surface area contributed by atoms with Crippen LogP contribution in [-0.4, -0.2) is 16.8 Å². The quantitative estimate of drug-likeness (QED) is 0.731. The van der Waals surface area contributed by atoms with Gasteiger partial charge in [0, 0.05) is 22.5 Å². The first-order valence-electron chi connectivity index (χ1n) is 6.52. The molecule has 0 saturated carbocycles. The number of benzene rings is 1. The Kier molecular flexibility index (Phi) is 3.79. The van der Waals surface area contributed by atoms with Gasteiger partial charge in [0.05, 0.1) is 6.42 Å². The standard InChI is InChI=1S/C15H19N3O2/c1-15(2,3)14(20)18-17-13(19)8-10-9-16-12-7-5-4-6-11(10)12/h4-7,9,16H,8H2,1-3H3,(H,17,19)(H,18,20). The predicted molar refractivity (Wildman–Crippen MR) is 77.7 cm³/mol. The molecule has 0 spiro atoms. The SMILES string of the molecule is CC(C)(C)C(=O)NNC(=O)Cc1c[nH]c2ccccc12. The summed E-state index contributed by atoms with van der Waals surface area (Å²) in [4.78, 5) is 26.6.